The van der Waals surface area contributed by atoms with Gasteiger partial charge in [-0.1, -0.05) is 18.2 Å². The predicted molar refractivity (Wildman–Crippen MR) is 99.7 cm³/mol. The van der Waals surface area contributed by atoms with Gasteiger partial charge in [0.2, 0.25) is 0 Å². The minimum atomic E-state index is -0.888. The van der Waals surface area contributed by atoms with Crippen molar-refractivity contribution in [3.8, 4) is 0 Å². The number of carboxylic acids is 1. The largest absolute Gasteiger partial charge is 0.481 e. The molecule has 26 heavy (non-hydrogen) atoms. The van der Waals surface area contributed by atoms with Gasteiger partial charge in [0.05, 0.1) is 11.2 Å². The fourth-order valence-electron chi connectivity index (χ4n) is 3.12. The van der Waals surface area contributed by atoms with E-state index in [2.05, 4.69) is 20.9 Å². The minimum Gasteiger partial charge on any atom is -0.481 e. The van der Waals surface area contributed by atoms with Gasteiger partial charge in [-0.25, -0.2) is 4.79 Å². The van der Waals surface area contributed by atoms with Gasteiger partial charge in [-0.2, -0.15) is 0 Å². The highest BCUT2D eigenvalue weighted by Crippen LogP contribution is 2.33. The quantitative estimate of drug-likeness (QED) is 0.580. The van der Waals surface area contributed by atoms with Gasteiger partial charge in [0.1, 0.15) is 5.92 Å². The molecule has 0 saturated carbocycles. The highest BCUT2D eigenvalue weighted by molar-refractivity contribution is 6.05. The second-order valence-corrected chi connectivity index (χ2v) is 6.03. The number of rotatable bonds is 3. The number of fused-ring (bicyclic) bond motifs is 2. The first-order valence-electron chi connectivity index (χ1n) is 8.14. The van der Waals surface area contributed by atoms with Crippen molar-refractivity contribution in [1.82, 2.24) is 4.98 Å². The summed E-state index contributed by atoms with van der Waals surface area (Å²) in [5, 5.41) is 18.7. The molecule has 4 N–H and O–H groups in total. The van der Waals surface area contributed by atoms with Crippen molar-refractivity contribution in [2.75, 3.05) is 22.5 Å². The summed E-state index contributed by atoms with van der Waals surface area (Å²) in [4.78, 5) is 27.9. The van der Waals surface area contributed by atoms with E-state index in [1.807, 2.05) is 24.3 Å². The number of urea groups is 1. The lowest BCUT2D eigenvalue weighted by molar-refractivity contribution is -0.138. The van der Waals surface area contributed by atoms with E-state index in [1.165, 1.54) is 0 Å². The monoisotopic (exact) mass is 348 g/mol. The number of nitrogens with one attached hydrogen (secondary N) is 3. The lowest BCUT2D eigenvalue weighted by Crippen LogP contribution is -2.20. The van der Waals surface area contributed by atoms with Crippen molar-refractivity contribution in [2.45, 2.75) is 5.92 Å². The lowest BCUT2D eigenvalue weighted by Gasteiger charge is -2.11. The van der Waals surface area contributed by atoms with Crippen molar-refractivity contribution < 1.29 is 14.7 Å². The maximum atomic E-state index is 12.4. The number of pyridine rings is 1. The molecule has 3 aromatic rings. The smallest absolute Gasteiger partial charge is 0.323 e. The fourth-order valence-corrected chi connectivity index (χ4v) is 3.12. The molecule has 1 atom stereocenters. The molecule has 0 bridgehead atoms. The molecule has 4 rings (SSSR count). The molecular formula is C19H16N4O3. The van der Waals surface area contributed by atoms with Gasteiger partial charge in [0.15, 0.2) is 0 Å². The van der Waals surface area contributed by atoms with E-state index in [4.69, 9.17) is 0 Å². The third-order valence-electron chi connectivity index (χ3n) is 4.38. The summed E-state index contributed by atoms with van der Waals surface area (Å²) >= 11 is 0. The van der Waals surface area contributed by atoms with E-state index >= 15 is 0 Å². The average molecular weight is 348 g/mol. The van der Waals surface area contributed by atoms with Crippen molar-refractivity contribution in [3.05, 3.63) is 60.3 Å². The third-order valence-corrected chi connectivity index (χ3v) is 4.38. The van der Waals surface area contributed by atoms with Crippen LogP contribution in [0.15, 0.2) is 54.7 Å². The maximum Gasteiger partial charge on any atom is 0.323 e. The number of para-hydroxylation sites is 1. The van der Waals surface area contributed by atoms with Crippen LogP contribution >= 0.6 is 0 Å². The van der Waals surface area contributed by atoms with Crippen LogP contribution in [0.25, 0.3) is 10.9 Å². The number of carbonyl (C=O) groups is 2. The molecule has 7 heteroatoms. The van der Waals surface area contributed by atoms with Gasteiger partial charge in [0.25, 0.3) is 0 Å². The van der Waals surface area contributed by atoms with Crippen molar-refractivity contribution in [2.24, 2.45) is 0 Å². The normalized spacial score (nSPS) is 15.2. The number of benzene rings is 2. The number of hydrogen-bond donors (Lipinski definition) is 4. The van der Waals surface area contributed by atoms with Crippen LogP contribution in [-0.2, 0) is 4.79 Å². The predicted octanol–water partition coefficient (Wildman–Crippen LogP) is 3.47. The van der Waals surface area contributed by atoms with E-state index in [0.29, 0.717) is 23.5 Å². The lowest BCUT2D eigenvalue weighted by atomic mass is 10.0. The molecule has 130 valence electrons. The average Bonchev–Trinajstić information content (AvgIpc) is 3.05. The number of amides is 2. The summed E-state index contributed by atoms with van der Waals surface area (Å²) in [5.41, 5.74) is 3.43. The van der Waals surface area contributed by atoms with Crippen LogP contribution in [-0.4, -0.2) is 28.6 Å². The Morgan fingerprint density at radius 1 is 1.12 bits per heavy atom. The van der Waals surface area contributed by atoms with Crippen molar-refractivity contribution in [1.29, 1.82) is 0 Å². The molecule has 0 saturated heterocycles. The maximum absolute atomic E-state index is 12.4. The van der Waals surface area contributed by atoms with Gasteiger partial charge < -0.3 is 21.1 Å². The fraction of sp³-hybridized carbons (Fsp3) is 0.105. The Hall–Kier alpha value is -3.61. The summed E-state index contributed by atoms with van der Waals surface area (Å²) in [6.07, 6.45) is 1.64. The number of hydrogen-bond acceptors (Lipinski definition) is 4. The van der Waals surface area contributed by atoms with Crippen LogP contribution in [0.5, 0.6) is 0 Å². The molecule has 1 unspecified atom stereocenters. The van der Waals surface area contributed by atoms with Crippen LogP contribution in [0, 0.1) is 0 Å². The number of aliphatic carboxylic acids is 1. The van der Waals surface area contributed by atoms with E-state index in [-0.39, 0.29) is 0 Å². The Morgan fingerprint density at radius 2 is 1.96 bits per heavy atom. The Balaban J connectivity index is 1.54. The van der Waals surface area contributed by atoms with Gasteiger partial charge in [-0.05, 0) is 35.9 Å². The first-order valence-corrected chi connectivity index (χ1v) is 8.14. The number of aromatic nitrogens is 1. The summed E-state index contributed by atoms with van der Waals surface area (Å²) in [6, 6.07) is 14.1. The zero-order valence-electron chi connectivity index (χ0n) is 13.7. The minimum absolute atomic E-state index is 0.351. The van der Waals surface area contributed by atoms with Crippen LogP contribution < -0.4 is 16.0 Å². The van der Waals surface area contributed by atoms with Crippen LogP contribution in [0.3, 0.4) is 0 Å². The second-order valence-electron chi connectivity index (χ2n) is 6.03. The zero-order valence-corrected chi connectivity index (χ0v) is 13.7. The Kier molecular flexibility index (Phi) is 3.89. The summed E-state index contributed by atoms with van der Waals surface area (Å²) in [6.45, 7) is 0.351. The summed E-state index contributed by atoms with van der Waals surface area (Å²) in [7, 11) is 0. The molecular weight excluding hydrogens is 332 g/mol. The third kappa shape index (κ3) is 2.90. The molecule has 0 fully saturated rings. The van der Waals surface area contributed by atoms with Gasteiger partial charge in [0, 0.05) is 29.5 Å². The van der Waals surface area contributed by atoms with Crippen molar-refractivity contribution >= 4 is 40.0 Å². The van der Waals surface area contributed by atoms with E-state index < -0.39 is 17.9 Å². The number of carboxylic acid groups (broad SMARTS) is 1. The topological polar surface area (TPSA) is 103 Å². The Morgan fingerprint density at radius 3 is 2.81 bits per heavy atom. The number of carbonyl (C=O) groups excluding carboxylic acids is 1. The molecule has 1 aliphatic heterocycles. The molecule has 0 radical (unpaired) electrons. The van der Waals surface area contributed by atoms with E-state index in [1.54, 1.807) is 30.5 Å². The first kappa shape index (κ1) is 15.9. The first-order chi connectivity index (χ1) is 12.6. The highest BCUT2D eigenvalue weighted by atomic mass is 16.4. The summed E-state index contributed by atoms with van der Waals surface area (Å²) < 4.78 is 0. The van der Waals surface area contributed by atoms with Gasteiger partial charge in [-0.3, -0.25) is 9.78 Å². The van der Waals surface area contributed by atoms with Crippen LogP contribution in [0.4, 0.5) is 21.9 Å². The molecule has 2 heterocycles. The molecule has 1 aliphatic rings. The second kappa shape index (κ2) is 6.36. The zero-order chi connectivity index (χ0) is 18.1. The molecule has 0 aliphatic carbocycles. The Labute approximate surface area is 149 Å². The van der Waals surface area contributed by atoms with Gasteiger partial charge >= 0.3 is 12.0 Å². The molecule has 1 aromatic heterocycles. The molecule has 2 aromatic carbocycles. The van der Waals surface area contributed by atoms with Gasteiger partial charge in [-0.15, -0.1) is 0 Å². The molecule has 2 amide bonds. The standard InChI is InChI=1S/C19H16N4O3/c24-18(25)14-10-21-16-6-5-11(9-13(14)16)22-19(26)23-17-7-8-20-15-4-2-1-3-12(15)17/h1-9,14,21H,10H2,(H,24,25)(H2,20,22,23,26). The molecule has 0 spiro atoms. The molecule has 7 nitrogen and oxygen atoms in total. The summed E-state index contributed by atoms with van der Waals surface area (Å²) in [5.74, 6) is -1.50. The van der Waals surface area contributed by atoms with Crippen LogP contribution in [0.2, 0.25) is 0 Å². The van der Waals surface area contributed by atoms with E-state index in [0.717, 1.165) is 16.6 Å². The highest BCUT2D eigenvalue weighted by Gasteiger charge is 2.28. The number of nitrogens with zero attached hydrogens (tertiary/aromatic N) is 1. The number of anilines is 3. The Bertz CT molecular complexity index is 1010. The SMILES string of the molecule is O=C(Nc1ccc2c(c1)C(C(=O)O)CN2)Nc1ccnc2ccccc12. The van der Waals surface area contributed by atoms with Crippen LogP contribution in [0.1, 0.15) is 11.5 Å². The van der Waals surface area contributed by atoms with Crippen molar-refractivity contribution in [3.63, 3.8) is 0 Å². The van der Waals surface area contributed by atoms with E-state index in [9.17, 15) is 14.7 Å².